The molecule has 2 N–H and O–H groups in total. The van der Waals surface area contributed by atoms with E-state index in [9.17, 15) is 4.79 Å². The van der Waals surface area contributed by atoms with E-state index in [1.54, 1.807) is 12.4 Å². The van der Waals surface area contributed by atoms with Crippen LogP contribution in [0.25, 0.3) is 11.4 Å². The van der Waals surface area contributed by atoms with Crippen LogP contribution in [0, 0.1) is 24.7 Å². The van der Waals surface area contributed by atoms with Crippen LogP contribution >= 0.6 is 0 Å². The summed E-state index contributed by atoms with van der Waals surface area (Å²) in [4.78, 5) is 19.0. The van der Waals surface area contributed by atoms with Gasteiger partial charge in [0.25, 0.3) is 5.91 Å². The quantitative estimate of drug-likeness (QED) is 0.820. The highest BCUT2D eigenvalue weighted by molar-refractivity contribution is 6.04. The molecule has 1 heterocycles. The fraction of sp³-hybridized carbons (Fsp3) is 0.250. The summed E-state index contributed by atoms with van der Waals surface area (Å²) in [7, 11) is 0. The molecule has 0 radical (unpaired) electrons. The lowest BCUT2D eigenvalue weighted by atomic mass is 10.1. The molecule has 2 aromatic rings. The van der Waals surface area contributed by atoms with Crippen LogP contribution in [-0.2, 0) is 4.79 Å². The number of amides is 1. The molecule has 20 heavy (non-hydrogen) atoms. The molecule has 1 amide bonds. The summed E-state index contributed by atoms with van der Waals surface area (Å²) in [5.74, 6) is 6.60. The fourth-order valence-electron chi connectivity index (χ4n) is 1.92. The van der Waals surface area contributed by atoms with Crippen molar-refractivity contribution in [2.24, 2.45) is 5.92 Å². The molecule has 1 aromatic heterocycles. The number of aromatic amines is 1. The number of imidazole rings is 1. The van der Waals surface area contributed by atoms with Crippen LogP contribution in [0.5, 0.6) is 0 Å². The van der Waals surface area contributed by atoms with Crippen molar-refractivity contribution in [3.05, 3.63) is 36.2 Å². The van der Waals surface area contributed by atoms with Gasteiger partial charge in [-0.2, -0.15) is 0 Å². The van der Waals surface area contributed by atoms with Crippen LogP contribution < -0.4 is 5.32 Å². The minimum atomic E-state index is -0.245. The van der Waals surface area contributed by atoms with Crippen molar-refractivity contribution in [1.29, 1.82) is 0 Å². The van der Waals surface area contributed by atoms with E-state index in [1.807, 2.05) is 25.1 Å². The average Bonchev–Trinajstić information content (AvgIpc) is 3.11. The Morgan fingerprint density at radius 3 is 2.95 bits per heavy atom. The second kappa shape index (κ2) is 5.22. The fourth-order valence-corrected chi connectivity index (χ4v) is 1.92. The number of hydrogen-bond acceptors (Lipinski definition) is 2. The predicted octanol–water partition coefficient (Wildman–Crippen LogP) is 2.74. The monoisotopic (exact) mass is 265 g/mol. The first-order valence-corrected chi connectivity index (χ1v) is 6.65. The molecule has 4 nitrogen and oxygen atoms in total. The minimum Gasteiger partial charge on any atom is -0.345 e. The smallest absolute Gasteiger partial charge is 0.300 e. The normalized spacial score (nSPS) is 13.4. The Kier molecular flexibility index (Phi) is 3.26. The van der Waals surface area contributed by atoms with Gasteiger partial charge in [-0.05, 0) is 49.4 Å². The van der Waals surface area contributed by atoms with Crippen LogP contribution in [0.2, 0.25) is 0 Å². The van der Waals surface area contributed by atoms with Crippen molar-refractivity contribution in [3.8, 4) is 23.2 Å². The van der Waals surface area contributed by atoms with E-state index in [-0.39, 0.29) is 5.91 Å². The molecule has 0 spiro atoms. The maximum Gasteiger partial charge on any atom is 0.300 e. The molecule has 1 saturated carbocycles. The topological polar surface area (TPSA) is 57.8 Å². The number of nitrogens with zero attached hydrogens (tertiary/aromatic N) is 1. The number of aromatic nitrogens is 2. The number of nitrogens with one attached hydrogen (secondary N) is 2. The first-order valence-electron chi connectivity index (χ1n) is 6.65. The number of rotatable bonds is 2. The van der Waals surface area contributed by atoms with E-state index in [2.05, 4.69) is 27.1 Å². The van der Waals surface area contributed by atoms with Crippen LogP contribution in [0.1, 0.15) is 18.4 Å². The highest BCUT2D eigenvalue weighted by Gasteiger charge is 2.18. The Morgan fingerprint density at radius 1 is 1.45 bits per heavy atom. The molecule has 1 fully saturated rings. The molecule has 1 aromatic carbocycles. The third-order valence-corrected chi connectivity index (χ3v) is 3.21. The number of hydrogen-bond donors (Lipinski definition) is 2. The van der Waals surface area contributed by atoms with Crippen LogP contribution in [0.4, 0.5) is 5.69 Å². The maximum atomic E-state index is 11.7. The van der Waals surface area contributed by atoms with Crippen LogP contribution in [0.3, 0.4) is 0 Å². The molecular formula is C16H15N3O. The van der Waals surface area contributed by atoms with Gasteiger partial charge in [-0.1, -0.05) is 5.92 Å². The summed E-state index contributed by atoms with van der Waals surface area (Å²) in [6.45, 7) is 1.95. The molecule has 0 atom stereocenters. The lowest BCUT2D eigenvalue weighted by Crippen LogP contribution is -2.09. The molecule has 3 rings (SSSR count). The van der Waals surface area contributed by atoms with Crippen molar-refractivity contribution < 1.29 is 4.79 Å². The van der Waals surface area contributed by atoms with Gasteiger partial charge >= 0.3 is 0 Å². The maximum absolute atomic E-state index is 11.7. The highest BCUT2D eigenvalue weighted by atomic mass is 16.1. The van der Waals surface area contributed by atoms with Crippen LogP contribution in [0.15, 0.2) is 30.6 Å². The van der Waals surface area contributed by atoms with Crippen molar-refractivity contribution >= 4 is 11.6 Å². The van der Waals surface area contributed by atoms with E-state index in [4.69, 9.17) is 0 Å². The van der Waals surface area contributed by atoms with Gasteiger partial charge < -0.3 is 10.3 Å². The molecular weight excluding hydrogens is 250 g/mol. The van der Waals surface area contributed by atoms with Gasteiger partial charge in [0.2, 0.25) is 0 Å². The second-order valence-corrected chi connectivity index (χ2v) is 4.97. The van der Waals surface area contributed by atoms with E-state index in [1.165, 1.54) is 0 Å². The van der Waals surface area contributed by atoms with Crippen molar-refractivity contribution in [2.45, 2.75) is 19.8 Å². The lowest BCUT2D eigenvalue weighted by molar-refractivity contribution is -0.111. The Labute approximate surface area is 117 Å². The van der Waals surface area contributed by atoms with Gasteiger partial charge in [-0.25, -0.2) is 4.98 Å². The van der Waals surface area contributed by atoms with Crippen molar-refractivity contribution in [3.63, 3.8) is 0 Å². The molecule has 0 unspecified atom stereocenters. The van der Waals surface area contributed by atoms with Gasteiger partial charge in [-0.15, -0.1) is 0 Å². The number of anilines is 1. The molecule has 100 valence electrons. The van der Waals surface area contributed by atoms with Gasteiger partial charge in [0.05, 0.1) is 0 Å². The summed E-state index contributed by atoms with van der Waals surface area (Å²) in [5.41, 5.74) is 2.77. The second-order valence-electron chi connectivity index (χ2n) is 4.97. The Balaban J connectivity index is 1.74. The zero-order chi connectivity index (χ0) is 13.9. The van der Waals surface area contributed by atoms with E-state index in [0.29, 0.717) is 5.92 Å². The van der Waals surface area contributed by atoms with Crippen molar-refractivity contribution in [1.82, 2.24) is 9.97 Å². The average molecular weight is 265 g/mol. The van der Waals surface area contributed by atoms with Crippen LogP contribution in [-0.4, -0.2) is 15.9 Å². The summed E-state index contributed by atoms with van der Waals surface area (Å²) < 4.78 is 0. The highest BCUT2D eigenvalue weighted by Crippen LogP contribution is 2.27. The number of carbonyl (C=O) groups excluding carboxylic acids is 1. The number of aryl methyl sites for hydroxylation is 1. The zero-order valence-corrected chi connectivity index (χ0v) is 11.2. The molecule has 0 bridgehead atoms. The largest absolute Gasteiger partial charge is 0.345 e. The van der Waals surface area contributed by atoms with E-state index < -0.39 is 0 Å². The summed E-state index contributed by atoms with van der Waals surface area (Å²) in [5, 5.41) is 2.82. The molecule has 1 aliphatic rings. The Bertz CT molecular complexity index is 688. The lowest BCUT2D eigenvalue weighted by Gasteiger charge is -2.07. The van der Waals surface area contributed by atoms with Gasteiger partial charge in [-0.3, -0.25) is 4.79 Å². The number of carbonyl (C=O) groups is 1. The minimum absolute atomic E-state index is 0.245. The Hall–Kier alpha value is -2.54. The Morgan fingerprint density at radius 2 is 2.30 bits per heavy atom. The van der Waals surface area contributed by atoms with Gasteiger partial charge in [0, 0.05) is 29.6 Å². The first kappa shape index (κ1) is 12.5. The van der Waals surface area contributed by atoms with Gasteiger partial charge in [0.1, 0.15) is 5.82 Å². The van der Waals surface area contributed by atoms with E-state index >= 15 is 0 Å². The molecule has 4 heteroatoms. The zero-order valence-electron chi connectivity index (χ0n) is 11.2. The SMILES string of the molecule is Cc1cc(-c2ncc[nH]2)ccc1NC(=O)C#CC1CC1. The number of benzene rings is 1. The van der Waals surface area contributed by atoms with Crippen molar-refractivity contribution in [2.75, 3.05) is 5.32 Å². The summed E-state index contributed by atoms with van der Waals surface area (Å²) in [6.07, 6.45) is 5.75. The first-order chi connectivity index (χ1) is 9.72. The van der Waals surface area contributed by atoms with E-state index in [0.717, 1.165) is 35.5 Å². The third-order valence-electron chi connectivity index (χ3n) is 3.21. The van der Waals surface area contributed by atoms with Gasteiger partial charge in [0.15, 0.2) is 0 Å². The standard InChI is InChI=1S/C16H15N3O/c1-11-10-13(16-17-8-9-18-16)5-6-14(11)19-15(20)7-4-12-2-3-12/h5-6,8-10,12H,2-3H2,1H3,(H,17,18)(H,19,20). The third kappa shape index (κ3) is 2.89. The predicted molar refractivity (Wildman–Crippen MR) is 77.9 cm³/mol. The molecule has 0 saturated heterocycles. The summed E-state index contributed by atoms with van der Waals surface area (Å²) in [6, 6.07) is 5.79. The summed E-state index contributed by atoms with van der Waals surface area (Å²) >= 11 is 0. The molecule has 1 aliphatic carbocycles. The molecule has 0 aliphatic heterocycles. The number of H-pyrrole nitrogens is 1.